The van der Waals surface area contributed by atoms with E-state index in [0.29, 0.717) is 4.31 Å². The van der Waals surface area contributed by atoms with Crippen LogP contribution in [-0.2, 0) is 14.8 Å². The molecule has 1 aromatic rings. The van der Waals surface area contributed by atoms with Gasteiger partial charge in [0.2, 0.25) is 15.9 Å². The summed E-state index contributed by atoms with van der Waals surface area (Å²) < 4.78 is 39.8. The second-order valence-electron chi connectivity index (χ2n) is 4.69. The highest BCUT2D eigenvalue weighted by molar-refractivity contribution is 9.10. The highest BCUT2D eigenvalue weighted by Crippen LogP contribution is 2.31. The third-order valence-electron chi connectivity index (χ3n) is 3.20. The van der Waals surface area contributed by atoms with Crippen LogP contribution in [0.2, 0.25) is 0 Å². The van der Waals surface area contributed by atoms with Gasteiger partial charge in [-0.15, -0.1) is 0 Å². The zero-order chi connectivity index (χ0) is 15.9. The predicted octanol–water partition coefficient (Wildman–Crippen LogP) is -0.220. The number of β-amino-alcohol motifs (C(OH)–C–C–N with tert-alkyl or cyclic N) is 1. The van der Waals surface area contributed by atoms with Crippen molar-refractivity contribution in [1.29, 1.82) is 0 Å². The van der Waals surface area contributed by atoms with Crippen LogP contribution in [0.5, 0.6) is 0 Å². The summed E-state index contributed by atoms with van der Waals surface area (Å²) >= 11 is 2.99. The summed E-state index contributed by atoms with van der Waals surface area (Å²) in [7, 11) is -4.34. The van der Waals surface area contributed by atoms with Crippen molar-refractivity contribution in [1.82, 2.24) is 4.31 Å². The summed E-state index contributed by atoms with van der Waals surface area (Å²) in [5.41, 5.74) is 10.7. The minimum atomic E-state index is -4.34. The van der Waals surface area contributed by atoms with E-state index in [0.717, 1.165) is 12.1 Å². The largest absolute Gasteiger partial charge is 0.398 e. The van der Waals surface area contributed by atoms with Crippen molar-refractivity contribution >= 4 is 37.5 Å². The van der Waals surface area contributed by atoms with E-state index < -0.39 is 38.8 Å². The fourth-order valence-electron chi connectivity index (χ4n) is 2.18. The molecule has 1 aliphatic rings. The Bertz CT molecular complexity index is 697. The number of hydrogen-bond donors (Lipinski definition) is 3. The maximum atomic E-state index is 13.9. The smallest absolute Gasteiger partial charge is 0.246 e. The number of aliphatic hydroxyl groups is 1. The molecule has 10 heteroatoms. The second kappa shape index (κ2) is 5.52. The Hall–Kier alpha value is -1.23. The quantitative estimate of drug-likeness (QED) is 0.623. The van der Waals surface area contributed by atoms with Crippen LogP contribution in [0.3, 0.4) is 0 Å². The van der Waals surface area contributed by atoms with Gasteiger partial charge in [-0.1, -0.05) is 0 Å². The van der Waals surface area contributed by atoms with E-state index in [4.69, 9.17) is 11.5 Å². The maximum Gasteiger partial charge on any atom is 0.246 e. The standard InChI is InChI=1S/C11H13BrFN3O4S/c12-6-2-7(13)10(3-8(6)14)21(19,20)16-4-5(17)1-9(16)11(15)18/h2-3,5,9,17H,1,4,14H2,(H2,15,18). The topological polar surface area (TPSA) is 127 Å². The minimum absolute atomic E-state index is 0.0327. The van der Waals surface area contributed by atoms with E-state index in [1.807, 2.05) is 0 Å². The molecule has 2 unspecified atom stereocenters. The molecule has 1 heterocycles. The predicted molar refractivity (Wildman–Crippen MR) is 76.0 cm³/mol. The fraction of sp³-hybridized carbons (Fsp3) is 0.364. The number of nitrogens with zero attached hydrogens (tertiary/aromatic N) is 1. The minimum Gasteiger partial charge on any atom is -0.398 e. The third kappa shape index (κ3) is 2.89. The molecule has 2 rings (SSSR count). The Morgan fingerprint density at radius 3 is 2.67 bits per heavy atom. The van der Waals surface area contributed by atoms with Gasteiger partial charge in [-0.3, -0.25) is 4.79 Å². The zero-order valence-corrected chi connectivity index (χ0v) is 13.1. The molecule has 116 valence electrons. The Labute approximate surface area is 128 Å². The average molecular weight is 382 g/mol. The van der Waals surface area contributed by atoms with E-state index in [9.17, 15) is 22.7 Å². The first-order chi connectivity index (χ1) is 9.64. The number of benzene rings is 1. The molecule has 5 N–H and O–H groups in total. The molecule has 0 aliphatic carbocycles. The average Bonchev–Trinajstić information content (AvgIpc) is 2.76. The molecule has 0 saturated carbocycles. The molecule has 0 radical (unpaired) electrons. The summed E-state index contributed by atoms with van der Waals surface area (Å²) in [5, 5.41) is 9.56. The second-order valence-corrected chi connectivity index (χ2v) is 7.40. The summed E-state index contributed by atoms with van der Waals surface area (Å²) in [6.07, 6.45) is -1.16. The number of anilines is 1. The molecule has 2 atom stereocenters. The first kappa shape index (κ1) is 16.1. The van der Waals surface area contributed by atoms with Gasteiger partial charge in [0.1, 0.15) is 16.8 Å². The van der Waals surface area contributed by atoms with Gasteiger partial charge in [-0.25, -0.2) is 12.8 Å². The SMILES string of the molecule is NC(=O)C1CC(O)CN1S(=O)(=O)c1cc(N)c(Br)cc1F. The molecule has 1 aromatic carbocycles. The summed E-state index contributed by atoms with van der Waals surface area (Å²) in [6, 6.07) is 0.667. The number of rotatable bonds is 3. The van der Waals surface area contributed by atoms with Crippen LogP contribution < -0.4 is 11.5 Å². The third-order valence-corrected chi connectivity index (χ3v) is 5.78. The Balaban J connectivity index is 2.52. The molecular weight excluding hydrogens is 369 g/mol. The molecule has 0 aromatic heterocycles. The van der Waals surface area contributed by atoms with Gasteiger partial charge in [-0.05, 0) is 28.1 Å². The van der Waals surface area contributed by atoms with Gasteiger partial charge in [-0.2, -0.15) is 4.31 Å². The van der Waals surface area contributed by atoms with Crippen LogP contribution in [0.4, 0.5) is 10.1 Å². The summed E-state index contributed by atoms with van der Waals surface area (Å²) in [5.74, 6) is -1.92. The van der Waals surface area contributed by atoms with Crippen molar-refractivity contribution in [3.05, 3.63) is 22.4 Å². The number of hydrogen-bond acceptors (Lipinski definition) is 5. The molecule has 1 fully saturated rings. The monoisotopic (exact) mass is 381 g/mol. The molecule has 21 heavy (non-hydrogen) atoms. The number of carbonyl (C=O) groups excluding carboxylic acids is 1. The number of carbonyl (C=O) groups is 1. The van der Waals surface area contributed by atoms with E-state index in [1.165, 1.54) is 0 Å². The van der Waals surface area contributed by atoms with Crippen LogP contribution in [0.1, 0.15) is 6.42 Å². The summed E-state index contributed by atoms with van der Waals surface area (Å²) in [4.78, 5) is 10.7. The van der Waals surface area contributed by atoms with Crippen molar-refractivity contribution in [2.45, 2.75) is 23.5 Å². The van der Waals surface area contributed by atoms with Gasteiger partial charge in [0, 0.05) is 23.1 Å². The normalized spacial score (nSPS) is 23.4. The van der Waals surface area contributed by atoms with E-state index >= 15 is 0 Å². The molecule has 1 aliphatic heterocycles. The number of amides is 1. The Kier molecular flexibility index (Phi) is 4.24. The van der Waals surface area contributed by atoms with Crippen LogP contribution in [-0.4, -0.2) is 42.4 Å². The van der Waals surface area contributed by atoms with Crippen molar-refractivity contribution < 1.29 is 22.7 Å². The van der Waals surface area contributed by atoms with Gasteiger partial charge >= 0.3 is 0 Å². The lowest BCUT2D eigenvalue weighted by atomic mass is 10.2. The van der Waals surface area contributed by atoms with Crippen LogP contribution in [0.25, 0.3) is 0 Å². The lowest BCUT2D eigenvalue weighted by Crippen LogP contribution is -2.43. The van der Waals surface area contributed by atoms with Gasteiger partial charge < -0.3 is 16.6 Å². The molecule has 1 saturated heterocycles. The first-order valence-electron chi connectivity index (χ1n) is 5.88. The lowest BCUT2D eigenvalue weighted by molar-refractivity contribution is -0.121. The molecule has 0 bridgehead atoms. The van der Waals surface area contributed by atoms with Gasteiger partial charge in [0.25, 0.3) is 0 Å². The van der Waals surface area contributed by atoms with Gasteiger partial charge in [0.05, 0.1) is 6.10 Å². The van der Waals surface area contributed by atoms with Crippen molar-refractivity contribution in [3.8, 4) is 0 Å². The zero-order valence-electron chi connectivity index (χ0n) is 10.7. The van der Waals surface area contributed by atoms with E-state index in [-0.39, 0.29) is 23.1 Å². The number of aliphatic hydroxyl groups excluding tert-OH is 1. The molecule has 7 nitrogen and oxygen atoms in total. The molecule has 1 amide bonds. The van der Waals surface area contributed by atoms with Crippen molar-refractivity contribution in [3.63, 3.8) is 0 Å². The van der Waals surface area contributed by atoms with E-state index in [2.05, 4.69) is 15.9 Å². The number of nitrogens with two attached hydrogens (primary N) is 2. The number of halogens is 2. The Morgan fingerprint density at radius 1 is 1.48 bits per heavy atom. The van der Waals surface area contributed by atoms with Crippen LogP contribution in [0, 0.1) is 5.82 Å². The highest BCUT2D eigenvalue weighted by atomic mass is 79.9. The highest BCUT2D eigenvalue weighted by Gasteiger charge is 2.43. The lowest BCUT2D eigenvalue weighted by Gasteiger charge is -2.22. The maximum absolute atomic E-state index is 13.9. The van der Waals surface area contributed by atoms with Crippen LogP contribution >= 0.6 is 15.9 Å². The number of sulfonamides is 1. The van der Waals surface area contributed by atoms with Crippen LogP contribution in [0.15, 0.2) is 21.5 Å². The van der Waals surface area contributed by atoms with E-state index in [1.54, 1.807) is 0 Å². The molecule has 0 spiro atoms. The van der Waals surface area contributed by atoms with Gasteiger partial charge in [0.15, 0.2) is 0 Å². The number of primary amides is 1. The first-order valence-corrected chi connectivity index (χ1v) is 8.11. The fourth-order valence-corrected chi connectivity index (χ4v) is 4.22. The summed E-state index contributed by atoms with van der Waals surface area (Å²) in [6.45, 7) is -0.328. The van der Waals surface area contributed by atoms with Crippen molar-refractivity contribution in [2.24, 2.45) is 5.73 Å². The number of nitrogen functional groups attached to an aromatic ring is 1. The Morgan fingerprint density at radius 2 is 2.10 bits per heavy atom. The van der Waals surface area contributed by atoms with Crippen molar-refractivity contribution in [2.75, 3.05) is 12.3 Å². The molecular formula is C11H13BrFN3O4S.